The number of piperidine rings is 2. The molecule has 3 fully saturated rings. The molecule has 8 heteroatoms. The number of carbonyl (C=O) groups is 2. The molecule has 0 bridgehead atoms. The van der Waals surface area contributed by atoms with E-state index in [2.05, 4.69) is 35.9 Å². The minimum Gasteiger partial charge on any atom is -0.319 e. The first-order valence-corrected chi connectivity index (χ1v) is 13.4. The highest BCUT2D eigenvalue weighted by Crippen LogP contribution is 2.31. The van der Waals surface area contributed by atoms with Crippen molar-refractivity contribution in [2.75, 3.05) is 39.3 Å². The first-order valence-electron chi connectivity index (χ1n) is 13.4. The van der Waals surface area contributed by atoms with Gasteiger partial charge in [-0.15, -0.1) is 0 Å². The Hall–Kier alpha value is -2.19. The number of urea groups is 1. The summed E-state index contributed by atoms with van der Waals surface area (Å²) < 4.78 is 1.75. The molecule has 3 aliphatic heterocycles. The summed E-state index contributed by atoms with van der Waals surface area (Å²) in [7, 11) is 0. The zero-order valence-electron chi connectivity index (χ0n) is 21.8. The van der Waals surface area contributed by atoms with E-state index in [1.807, 2.05) is 12.3 Å². The van der Waals surface area contributed by atoms with Crippen LogP contribution in [0.15, 0.2) is 23.1 Å². The Labute approximate surface area is 209 Å². The van der Waals surface area contributed by atoms with Crippen LogP contribution in [-0.4, -0.2) is 70.5 Å². The summed E-state index contributed by atoms with van der Waals surface area (Å²) >= 11 is 0. The molecule has 0 spiro atoms. The third-order valence-corrected chi connectivity index (χ3v) is 7.79. The summed E-state index contributed by atoms with van der Waals surface area (Å²) in [5.74, 6) is 1.37. The van der Waals surface area contributed by atoms with Gasteiger partial charge in [-0.2, -0.15) is 0 Å². The second-order valence-corrected chi connectivity index (χ2v) is 12.0. The molecule has 1 N–H and O–H groups in total. The first kappa shape index (κ1) is 25.9. The van der Waals surface area contributed by atoms with Gasteiger partial charge in [-0.3, -0.25) is 19.8 Å². The van der Waals surface area contributed by atoms with E-state index in [0.29, 0.717) is 24.2 Å². The van der Waals surface area contributed by atoms with Gasteiger partial charge in [0.25, 0.3) is 5.56 Å². The first-order chi connectivity index (χ1) is 16.7. The molecule has 3 aliphatic rings. The van der Waals surface area contributed by atoms with E-state index >= 15 is 0 Å². The van der Waals surface area contributed by atoms with Crippen molar-refractivity contribution in [3.05, 3.63) is 34.2 Å². The number of likely N-dealkylation sites (tertiary alicyclic amines) is 2. The predicted octanol–water partition coefficient (Wildman–Crippen LogP) is 3.11. The van der Waals surface area contributed by atoms with Crippen LogP contribution in [0.4, 0.5) is 4.79 Å². The molecule has 0 atom stereocenters. The highest BCUT2D eigenvalue weighted by Gasteiger charge is 2.27. The van der Waals surface area contributed by atoms with Gasteiger partial charge in [0, 0.05) is 44.4 Å². The van der Waals surface area contributed by atoms with Crippen molar-refractivity contribution in [3.63, 3.8) is 0 Å². The van der Waals surface area contributed by atoms with Gasteiger partial charge in [-0.25, -0.2) is 4.79 Å². The van der Waals surface area contributed by atoms with Crippen molar-refractivity contribution in [2.45, 2.75) is 72.5 Å². The van der Waals surface area contributed by atoms with Gasteiger partial charge >= 0.3 is 6.03 Å². The molecule has 0 unspecified atom stereocenters. The highest BCUT2D eigenvalue weighted by atomic mass is 16.2. The number of pyridine rings is 1. The van der Waals surface area contributed by atoms with Crippen molar-refractivity contribution < 1.29 is 9.59 Å². The molecule has 0 radical (unpaired) electrons. The maximum Gasteiger partial charge on any atom is 0.324 e. The Morgan fingerprint density at radius 1 is 0.914 bits per heavy atom. The van der Waals surface area contributed by atoms with Crippen molar-refractivity contribution in [1.82, 2.24) is 24.6 Å². The van der Waals surface area contributed by atoms with Crippen LogP contribution in [0.5, 0.6) is 0 Å². The maximum absolute atomic E-state index is 13.0. The quantitative estimate of drug-likeness (QED) is 0.642. The van der Waals surface area contributed by atoms with Gasteiger partial charge in [0.15, 0.2) is 0 Å². The average Bonchev–Trinajstić information content (AvgIpc) is 2.80. The number of hydrogen-bond donors (Lipinski definition) is 1. The van der Waals surface area contributed by atoms with Crippen LogP contribution < -0.4 is 10.9 Å². The summed E-state index contributed by atoms with van der Waals surface area (Å²) in [6.45, 7) is 14.0. The second-order valence-electron chi connectivity index (χ2n) is 12.0. The second kappa shape index (κ2) is 11.2. The van der Waals surface area contributed by atoms with E-state index in [-0.39, 0.29) is 24.4 Å². The number of hydrogen-bond acceptors (Lipinski definition) is 5. The molecule has 0 saturated carbocycles. The Bertz CT molecular complexity index is 937. The van der Waals surface area contributed by atoms with E-state index in [0.717, 1.165) is 24.9 Å². The molecule has 0 aromatic carbocycles. The monoisotopic (exact) mass is 485 g/mol. The predicted molar refractivity (Wildman–Crippen MR) is 137 cm³/mol. The third-order valence-electron chi connectivity index (χ3n) is 7.79. The minimum atomic E-state index is -0.420. The van der Waals surface area contributed by atoms with E-state index in [9.17, 15) is 14.4 Å². The summed E-state index contributed by atoms with van der Waals surface area (Å²) in [5, 5.41) is 2.32. The minimum absolute atomic E-state index is 0.0579. The third kappa shape index (κ3) is 7.40. The van der Waals surface area contributed by atoms with Crippen LogP contribution in [0, 0.1) is 17.3 Å². The molecular weight excluding hydrogens is 442 g/mol. The molecular formula is C27H43N5O3. The van der Waals surface area contributed by atoms with Crippen molar-refractivity contribution in [2.24, 2.45) is 17.3 Å². The Kier molecular flexibility index (Phi) is 8.32. The summed E-state index contributed by atoms with van der Waals surface area (Å²) in [5.41, 5.74) is 0.961. The molecule has 194 valence electrons. The summed E-state index contributed by atoms with van der Waals surface area (Å²) in [4.78, 5) is 43.0. The lowest BCUT2D eigenvalue weighted by molar-refractivity contribution is -0.121. The van der Waals surface area contributed by atoms with Gasteiger partial charge in [-0.05, 0) is 68.5 Å². The van der Waals surface area contributed by atoms with Crippen LogP contribution in [0.25, 0.3) is 0 Å². The van der Waals surface area contributed by atoms with Crippen LogP contribution >= 0.6 is 0 Å². The van der Waals surface area contributed by atoms with Gasteiger partial charge in [0.1, 0.15) is 0 Å². The fraction of sp³-hybridized carbons (Fsp3) is 0.741. The van der Waals surface area contributed by atoms with Gasteiger partial charge in [0.05, 0.1) is 13.2 Å². The number of imide groups is 1. The van der Waals surface area contributed by atoms with Crippen LogP contribution in [-0.2, 0) is 18.0 Å². The standard InChI is InChI=1S/C27H43N5O3/c1-27(2,3)17-21-6-12-29(13-7-21)18-22-8-14-30(15-9-22)20-32-11-4-5-23(25(32)34)19-31-16-10-24(33)28-26(31)35/h4-5,11,21-22H,6-10,12-20H2,1-3H3,(H,28,33,35). The SMILES string of the molecule is CC(C)(C)CC1CCN(CC2CCN(Cn3cccc(CN4CCC(=O)NC4=O)c3=O)CC2)CC1. The topological polar surface area (TPSA) is 77.9 Å². The van der Waals surface area contributed by atoms with Crippen molar-refractivity contribution in [3.8, 4) is 0 Å². The molecule has 1 aromatic rings. The van der Waals surface area contributed by atoms with E-state index in [4.69, 9.17) is 0 Å². The number of rotatable bonds is 7. The Balaban J connectivity index is 1.22. The van der Waals surface area contributed by atoms with Crippen LogP contribution in [0.3, 0.4) is 0 Å². The smallest absolute Gasteiger partial charge is 0.319 e. The lowest BCUT2D eigenvalue weighted by atomic mass is 9.80. The molecule has 8 nitrogen and oxygen atoms in total. The normalized spacial score (nSPS) is 22.0. The zero-order chi connectivity index (χ0) is 25.0. The molecule has 35 heavy (non-hydrogen) atoms. The Morgan fingerprint density at radius 2 is 1.57 bits per heavy atom. The summed E-state index contributed by atoms with van der Waals surface area (Å²) in [6, 6.07) is 3.23. The number of aromatic nitrogens is 1. The van der Waals surface area contributed by atoms with Gasteiger partial charge in [-0.1, -0.05) is 26.8 Å². The molecule has 0 aliphatic carbocycles. The van der Waals surface area contributed by atoms with E-state index in [1.165, 1.54) is 56.6 Å². The molecule has 4 rings (SSSR count). The molecule has 3 amide bonds. The van der Waals surface area contributed by atoms with E-state index in [1.54, 1.807) is 10.6 Å². The number of nitrogens with zero attached hydrogens (tertiary/aromatic N) is 4. The van der Waals surface area contributed by atoms with Crippen molar-refractivity contribution in [1.29, 1.82) is 0 Å². The van der Waals surface area contributed by atoms with E-state index < -0.39 is 6.03 Å². The fourth-order valence-corrected chi connectivity index (χ4v) is 5.90. The highest BCUT2D eigenvalue weighted by molar-refractivity contribution is 5.96. The number of amides is 3. The molecule has 1 aromatic heterocycles. The van der Waals surface area contributed by atoms with Gasteiger partial charge in [0.2, 0.25) is 5.91 Å². The lowest BCUT2D eigenvalue weighted by Crippen LogP contribution is -2.49. The fourth-order valence-electron chi connectivity index (χ4n) is 5.90. The number of nitrogens with one attached hydrogen (secondary N) is 1. The number of carbonyl (C=O) groups excluding carboxylic acids is 2. The zero-order valence-corrected chi connectivity index (χ0v) is 21.8. The van der Waals surface area contributed by atoms with Crippen LogP contribution in [0.1, 0.15) is 64.9 Å². The van der Waals surface area contributed by atoms with Gasteiger partial charge < -0.3 is 14.4 Å². The molecule has 4 heterocycles. The lowest BCUT2D eigenvalue weighted by Gasteiger charge is -2.39. The Morgan fingerprint density at radius 3 is 2.23 bits per heavy atom. The summed E-state index contributed by atoms with van der Waals surface area (Å²) in [6.07, 6.45) is 8.48. The van der Waals surface area contributed by atoms with Crippen LogP contribution in [0.2, 0.25) is 0 Å². The average molecular weight is 486 g/mol. The van der Waals surface area contributed by atoms with Crippen molar-refractivity contribution >= 4 is 11.9 Å². The largest absolute Gasteiger partial charge is 0.324 e. The maximum atomic E-state index is 13.0. The molecule has 3 saturated heterocycles.